The van der Waals surface area contributed by atoms with Gasteiger partial charge in [-0.25, -0.2) is 8.42 Å². The van der Waals surface area contributed by atoms with Crippen LogP contribution in [0, 0.1) is 0 Å². The van der Waals surface area contributed by atoms with Crippen LogP contribution in [-0.4, -0.2) is 50.5 Å². The van der Waals surface area contributed by atoms with E-state index in [2.05, 4.69) is 5.32 Å². The van der Waals surface area contributed by atoms with E-state index in [-0.39, 0.29) is 37.7 Å². The maximum Gasteiger partial charge on any atom is 0.242 e. The van der Waals surface area contributed by atoms with Gasteiger partial charge in [-0.2, -0.15) is 0 Å². The van der Waals surface area contributed by atoms with Crippen molar-refractivity contribution in [2.45, 2.75) is 52.1 Å². The minimum Gasteiger partial charge on any atom is -0.354 e. The molecule has 1 atom stereocenters. The normalized spacial score (nSPS) is 12.2. The van der Waals surface area contributed by atoms with Crippen molar-refractivity contribution in [3.8, 4) is 0 Å². The molecule has 2 rings (SSSR count). The SMILES string of the molecule is CCCCNC(=O)[C@H](C)N(Cc1ccc(Cl)cc1Cl)C(=O)CCCN(c1ccc(Cl)cc1)S(C)(=O)=O. The zero-order valence-corrected chi connectivity index (χ0v) is 23.7. The molecule has 0 aliphatic rings. The van der Waals surface area contributed by atoms with Crippen LogP contribution in [0.3, 0.4) is 0 Å². The highest BCUT2D eigenvalue weighted by atomic mass is 35.5. The van der Waals surface area contributed by atoms with Gasteiger partial charge in [-0.1, -0.05) is 54.2 Å². The molecule has 0 spiro atoms. The van der Waals surface area contributed by atoms with Gasteiger partial charge in [0.2, 0.25) is 21.8 Å². The first-order chi connectivity index (χ1) is 16.9. The van der Waals surface area contributed by atoms with Gasteiger partial charge in [0, 0.05) is 41.1 Å². The molecule has 1 N–H and O–H groups in total. The van der Waals surface area contributed by atoms with Crippen LogP contribution in [0.25, 0.3) is 0 Å². The van der Waals surface area contributed by atoms with Crippen molar-refractivity contribution in [2.24, 2.45) is 0 Å². The second-order valence-corrected chi connectivity index (χ2v) is 11.7. The zero-order chi connectivity index (χ0) is 26.9. The van der Waals surface area contributed by atoms with E-state index in [1.807, 2.05) is 6.92 Å². The third-order valence-corrected chi connectivity index (χ3v) is 7.65. The Morgan fingerprint density at radius 2 is 1.64 bits per heavy atom. The molecule has 2 aromatic carbocycles. The lowest BCUT2D eigenvalue weighted by molar-refractivity contribution is -0.140. The number of benzene rings is 2. The van der Waals surface area contributed by atoms with Crippen molar-refractivity contribution < 1.29 is 18.0 Å². The van der Waals surface area contributed by atoms with Crippen molar-refractivity contribution in [1.29, 1.82) is 0 Å². The third kappa shape index (κ3) is 9.14. The van der Waals surface area contributed by atoms with E-state index in [0.29, 0.717) is 32.9 Å². The highest BCUT2D eigenvalue weighted by Gasteiger charge is 2.27. The molecule has 11 heteroatoms. The maximum absolute atomic E-state index is 13.3. The number of unbranched alkanes of at least 4 members (excludes halogenated alkanes) is 1. The fraction of sp³-hybridized carbons (Fsp3) is 0.440. The Morgan fingerprint density at radius 1 is 1.00 bits per heavy atom. The van der Waals surface area contributed by atoms with Gasteiger partial charge in [0.05, 0.1) is 11.9 Å². The van der Waals surface area contributed by atoms with E-state index < -0.39 is 16.1 Å². The molecule has 0 aliphatic carbocycles. The number of carbonyl (C=O) groups is 2. The molecule has 7 nitrogen and oxygen atoms in total. The number of carbonyl (C=O) groups excluding carboxylic acids is 2. The quantitative estimate of drug-likeness (QED) is 0.318. The van der Waals surface area contributed by atoms with Crippen LogP contribution >= 0.6 is 34.8 Å². The number of halogens is 3. The van der Waals surface area contributed by atoms with Crippen molar-refractivity contribution in [3.63, 3.8) is 0 Å². The summed E-state index contributed by atoms with van der Waals surface area (Å²) in [6, 6.07) is 10.7. The molecule has 0 heterocycles. The van der Waals surface area contributed by atoms with E-state index in [1.54, 1.807) is 49.4 Å². The standard InChI is InChI=1S/C25H32Cl3N3O4S/c1-4-5-14-29-25(33)18(2)30(17-19-8-9-21(27)16-23(19)28)24(32)7-6-15-31(36(3,34)35)22-12-10-20(26)11-13-22/h8-13,16,18H,4-7,14-15,17H2,1-3H3,(H,29,33)/t18-/m0/s1. The van der Waals surface area contributed by atoms with Crippen molar-refractivity contribution in [3.05, 3.63) is 63.1 Å². The summed E-state index contributed by atoms with van der Waals surface area (Å²) in [4.78, 5) is 27.5. The Labute approximate surface area is 228 Å². The van der Waals surface area contributed by atoms with Crippen molar-refractivity contribution in [1.82, 2.24) is 10.2 Å². The summed E-state index contributed by atoms with van der Waals surface area (Å²) < 4.78 is 26.0. The van der Waals surface area contributed by atoms with Crippen LogP contribution in [0.4, 0.5) is 5.69 Å². The predicted octanol–water partition coefficient (Wildman–Crippen LogP) is 5.53. The summed E-state index contributed by atoms with van der Waals surface area (Å²) in [6.07, 6.45) is 3.17. The molecule has 0 saturated carbocycles. The molecular formula is C25H32Cl3N3O4S. The molecule has 198 valence electrons. The Bertz CT molecular complexity index is 1140. The van der Waals surface area contributed by atoms with Crippen molar-refractivity contribution >= 4 is 62.3 Å². The fourth-order valence-corrected chi connectivity index (χ4v) is 5.12. The zero-order valence-electron chi connectivity index (χ0n) is 20.6. The first-order valence-electron chi connectivity index (χ1n) is 11.7. The minimum absolute atomic E-state index is 0.0391. The molecule has 0 aliphatic heterocycles. The first-order valence-corrected chi connectivity index (χ1v) is 14.7. The predicted molar refractivity (Wildman–Crippen MR) is 147 cm³/mol. The Hall–Kier alpha value is -2.00. The van der Waals surface area contributed by atoms with Crippen LogP contribution in [0.1, 0.15) is 45.1 Å². The summed E-state index contributed by atoms with van der Waals surface area (Å²) in [7, 11) is -3.58. The number of amides is 2. The second kappa shape index (κ2) is 14.1. The number of sulfonamides is 1. The summed E-state index contributed by atoms with van der Waals surface area (Å²) >= 11 is 18.3. The second-order valence-electron chi connectivity index (χ2n) is 8.49. The maximum atomic E-state index is 13.3. The van der Waals surface area contributed by atoms with E-state index >= 15 is 0 Å². The highest BCUT2D eigenvalue weighted by Crippen LogP contribution is 2.24. The molecular weight excluding hydrogens is 545 g/mol. The van der Waals surface area contributed by atoms with Crippen molar-refractivity contribution in [2.75, 3.05) is 23.7 Å². The fourth-order valence-electron chi connectivity index (χ4n) is 3.56. The number of hydrogen-bond donors (Lipinski definition) is 1. The number of nitrogens with one attached hydrogen (secondary N) is 1. The lowest BCUT2D eigenvalue weighted by Crippen LogP contribution is -2.48. The minimum atomic E-state index is -3.58. The van der Waals surface area contributed by atoms with E-state index in [4.69, 9.17) is 34.8 Å². The van der Waals surface area contributed by atoms with Gasteiger partial charge < -0.3 is 10.2 Å². The third-order valence-electron chi connectivity index (χ3n) is 5.62. The molecule has 0 bridgehead atoms. The summed E-state index contributed by atoms with van der Waals surface area (Å²) in [5.41, 5.74) is 1.12. The average Bonchev–Trinajstić information content (AvgIpc) is 2.81. The van der Waals surface area contributed by atoms with E-state index in [0.717, 1.165) is 19.1 Å². The molecule has 2 aromatic rings. The van der Waals surface area contributed by atoms with Gasteiger partial charge in [-0.3, -0.25) is 13.9 Å². The lowest BCUT2D eigenvalue weighted by Gasteiger charge is -2.30. The van der Waals surface area contributed by atoms with Crippen LogP contribution in [-0.2, 0) is 26.2 Å². The molecule has 0 aromatic heterocycles. The molecule has 0 radical (unpaired) electrons. The largest absolute Gasteiger partial charge is 0.354 e. The van der Waals surface area contributed by atoms with Crippen LogP contribution in [0.2, 0.25) is 15.1 Å². The Morgan fingerprint density at radius 3 is 2.22 bits per heavy atom. The van der Waals surface area contributed by atoms with Crippen LogP contribution in [0.5, 0.6) is 0 Å². The van der Waals surface area contributed by atoms with Gasteiger partial charge in [0.25, 0.3) is 0 Å². The lowest BCUT2D eigenvalue weighted by atomic mass is 10.1. The van der Waals surface area contributed by atoms with Gasteiger partial charge in [0.15, 0.2) is 0 Å². The monoisotopic (exact) mass is 575 g/mol. The number of anilines is 1. The Kier molecular flexibility index (Phi) is 11.8. The van der Waals surface area contributed by atoms with E-state index in [9.17, 15) is 18.0 Å². The summed E-state index contributed by atoms with van der Waals surface area (Å²) in [6.45, 7) is 4.42. The van der Waals surface area contributed by atoms with Crippen LogP contribution < -0.4 is 9.62 Å². The first kappa shape index (κ1) is 30.2. The summed E-state index contributed by atoms with van der Waals surface area (Å²) in [5.74, 6) is -0.551. The molecule has 36 heavy (non-hydrogen) atoms. The van der Waals surface area contributed by atoms with E-state index in [1.165, 1.54) is 9.21 Å². The summed E-state index contributed by atoms with van der Waals surface area (Å²) in [5, 5.41) is 4.22. The number of rotatable bonds is 13. The molecule has 0 unspecified atom stereocenters. The number of nitrogens with zero attached hydrogens (tertiary/aromatic N) is 2. The van der Waals surface area contributed by atoms with Gasteiger partial charge in [-0.15, -0.1) is 0 Å². The number of hydrogen-bond acceptors (Lipinski definition) is 4. The van der Waals surface area contributed by atoms with Gasteiger partial charge in [0.1, 0.15) is 6.04 Å². The van der Waals surface area contributed by atoms with Gasteiger partial charge >= 0.3 is 0 Å². The molecule has 0 saturated heterocycles. The Balaban J connectivity index is 2.17. The average molecular weight is 577 g/mol. The topological polar surface area (TPSA) is 86.8 Å². The molecule has 0 fully saturated rings. The van der Waals surface area contributed by atoms with Gasteiger partial charge in [-0.05, 0) is 61.7 Å². The highest BCUT2D eigenvalue weighted by molar-refractivity contribution is 7.92. The van der Waals surface area contributed by atoms with Crippen LogP contribution in [0.15, 0.2) is 42.5 Å². The smallest absolute Gasteiger partial charge is 0.242 e. The molecule has 2 amide bonds.